The van der Waals surface area contributed by atoms with E-state index in [1.165, 1.54) is 10.6 Å². The van der Waals surface area contributed by atoms with Crippen LogP contribution >= 0.6 is 0 Å². The quantitative estimate of drug-likeness (QED) is 0.630. The van der Waals surface area contributed by atoms with E-state index in [4.69, 9.17) is 0 Å². The third kappa shape index (κ3) is 4.84. The second kappa shape index (κ2) is 9.84. The van der Waals surface area contributed by atoms with Crippen LogP contribution in [0.25, 0.3) is 0 Å². The average molecular weight is 474 g/mol. The summed E-state index contributed by atoms with van der Waals surface area (Å²) >= 11 is 0. The highest BCUT2D eigenvalue weighted by Crippen LogP contribution is 2.33. The lowest BCUT2D eigenvalue weighted by atomic mass is 9.80. The van der Waals surface area contributed by atoms with E-state index < -0.39 is 0 Å². The van der Waals surface area contributed by atoms with Crippen LogP contribution in [0.1, 0.15) is 52.7 Å². The van der Waals surface area contributed by atoms with Gasteiger partial charge in [0.1, 0.15) is 0 Å². The highest BCUT2D eigenvalue weighted by molar-refractivity contribution is 6.09. The number of anilines is 1. The lowest BCUT2D eigenvalue weighted by Crippen LogP contribution is -2.51. The molecule has 2 heterocycles. The third-order valence-corrected chi connectivity index (χ3v) is 8.19. The van der Waals surface area contributed by atoms with Crippen molar-refractivity contribution < 1.29 is 14.4 Å². The molecule has 0 bridgehead atoms. The maximum absolute atomic E-state index is 13.2. The number of fused-ring (bicyclic) bond motifs is 1. The van der Waals surface area contributed by atoms with Gasteiger partial charge in [-0.15, -0.1) is 0 Å². The van der Waals surface area contributed by atoms with Gasteiger partial charge in [-0.2, -0.15) is 0 Å². The molecule has 35 heavy (non-hydrogen) atoms. The van der Waals surface area contributed by atoms with Crippen LogP contribution in [0.15, 0.2) is 42.5 Å². The van der Waals surface area contributed by atoms with Gasteiger partial charge in [-0.1, -0.05) is 24.3 Å². The molecule has 1 saturated carbocycles. The Hall–Kier alpha value is -3.15. The molecule has 0 N–H and O–H groups in total. The van der Waals surface area contributed by atoms with Crippen LogP contribution in [-0.2, 0) is 16.0 Å². The topological polar surface area (TPSA) is 60.9 Å². The van der Waals surface area contributed by atoms with Crippen LogP contribution in [0, 0.1) is 25.7 Å². The van der Waals surface area contributed by atoms with Gasteiger partial charge >= 0.3 is 0 Å². The molecule has 2 fully saturated rings. The van der Waals surface area contributed by atoms with Crippen molar-refractivity contribution in [2.45, 2.75) is 46.0 Å². The fraction of sp³-hybridized carbons (Fsp3) is 0.483. The Morgan fingerprint density at radius 3 is 2.23 bits per heavy atom. The fourth-order valence-corrected chi connectivity index (χ4v) is 5.86. The monoisotopic (exact) mass is 473 g/mol. The second-order valence-electron chi connectivity index (χ2n) is 10.4. The van der Waals surface area contributed by atoms with Gasteiger partial charge in [-0.25, -0.2) is 0 Å². The molecule has 2 aliphatic heterocycles. The highest BCUT2D eigenvalue weighted by atomic mass is 16.2. The molecule has 0 unspecified atom stereocenters. The molecule has 6 heteroatoms. The first kappa shape index (κ1) is 23.6. The molecule has 0 atom stereocenters. The number of aryl methyl sites for hydroxylation is 2. The van der Waals surface area contributed by atoms with Gasteiger partial charge in [0.15, 0.2) is 0 Å². The van der Waals surface area contributed by atoms with Crippen LogP contribution in [-0.4, -0.2) is 60.2 Å². The maximum Gasteiger partial charge on any atom is 0.260 e. The van der Waals surface area contributed by atoms with Crippen LogP contribution in [0.4, 0.5) is 5.69 Å². The number of carbonyl (C=O) groups excluding carboxylic acids is 3. The third-order valence-electron chi connectivity index (χ3n) is 8.19. The molecular formula is C29H35N3O3. The summed E-state index contributed by atoms with van der Waals surface area (Å²) in [6, 6.07) is 14.3. The van der Waals surface area contributed by atoms with Crippen molar-refractivity contribution >= 4 is 23.4 Å². The van der Waals surface area contributed by atoms with Gasteiger partial charge in [0, 0.05) is 49.9 Å². The maximum atomic E-state index is 13.2. The Morgan fingerprint density at radius 2 is 1.54 bits per heavy atom. The standard InChI is InChI=1S/C29H35N3O3/c1-20-16-24-18-27(33)32(29(35)26(24)17-21(20)2)19-22-8-10-23(11-9-22)28(34)31-14-12-30(13-15-31)25-6-4-3-5-7-25/h3-7,16-17,22-23H,8-15,18-19H2,1-2H3. The Bertz CT molecular complexity index is 1110. The fourth-order valence-electron chi connectivity index (χ4n) is 5.86. The van der Waals surface area contributed by atoms with E-state index in [0.717, 1.165) is 68.6 Å². The molecule has 1 aliphatic carbocycles. The van der Waals surface area contributed by atoms with E-state index in [-0.39, 0.29) is 29.6 Å². The molecule has 0 aromatic heterocycles. The van der Waals surface area contributed by atoms with Crippen molar-refractivity contribution in [3.8, 4) is 0 Å². The Balaban J connectivity index is 1.13. The van der Waals surface area contributed by atoms with Gasteiger partial charge in [0.25, 0.3) is 5.91 Å². The van der Waals surface area contributed by atoms with Crippen molar-refractivity contribution in [3.63, 3.8) is 0 Å². The van der Waals surface area contributed by atoms with Gasteiger partial charge in [0.05, 0.1) is 6.42 Å². The molecule has 3 amide bonds. The number of hydrogen-bond acceptors (Lipinski definition) is 4. The molecule has 0 spiro atoms. The molecule has 2 aromatic carbocycles. The summed E-state index contributed by atoms with van der Waals surface area (Å²) in [5.74, 6) is 0.360. The largest absolute Gasteiger partial charge is 0.368 e. The number of benzene rings is 2. The van der Waals surface area contributed by atoms with Gasteiger partial charge < -0.3 is 9.80 Å². The smallest absolute Gasteiger partial charge is 0.260 e. The average Bonchev–Trinajstić information content (AvgIpc) is 2.88. The van der Waals surface area contributed by atoms with Gasteiger partial charge in [0.2, 0.25) is 11.8 Å². The van der Waals surface area contributed by atoms with E-state index in [0.29, 0.717) is 18.5 Å². The van der Waals surface area contributed by atoms with Crippen LogP contribution in [0.3, 0.4) is 0 Å². The van der Waals surface area contributed by atoms with Crippen molar-refractivity contribution in [1.82, 2.24) is 9.80 Å². The molecular weight excluding hydrogens is 438 g/mol. The summed E-state index contributed by atoms with van der Waals surface area (Å²) in [5.41, 5.74) is 4.93. The Kier molecular flexibility index (Phi) is 6.63. The first-order chi connectivity index (χ1) is 16.9. The molecule has 184 valence electrons. The minimum absolute atomic E-state index is 0.0636. The summed E-state index contributed by atoms with van der Waals surface area (Å²) in [5, 5.41) is 0. The van der Waals surface area contributed by atoms with Gasteiger partial charge in [-0.05, 0) is 80.3 Å². The zero-order chi connectivity index (χ0) is 24.5. The van der Waals surface area contributed by atoms with Crippen LogP contribution in [0.5, 0.6) is 0 Å². The molecule has 3 aliphatic rings. The van der Waals surface area contributed by atoms with Crippen molar-refractivity contribution in [2.24, 2.45) is 11.8 Å². The van der Waals surface area contributed by atoms with Crippen LogP contribution in [0.2, 0.25) is 0 Å². The van der Waals surface area contributed by atoms with E-state index in [1.807, 2.05) is 36.9 Å². The SMILES string of the molecule is Cc1cc2c(cc1C)C(=O)N(CC1CCC(C(=O)N3CCN(c4ccccc4)CC3)CC1)C(=O)C2. The Labute approximate surface area is 207 Å². The first-order valence-corrected chi connectivity index (χ1v) is 12.9. The molecule has 2 aromatic rings. The van der Waals surface area contributed by atoms with E-state index in [1.54, 1.807) is 0 Å². The number of imide groups is 1. The molecule has 1 saturated heterocycles. The summed E-state index contributed by atoms with van der Waals surface area (Å²) in [6.07, 6.45) is 3.75. The second-order valence-corrected chi connectivity index (χ2v) is 10.4. The summed E-state index contributed by atoms with van der Waals surface area (Å²) in [7, 11) is 0. The molecule has 0 radical (unpaired) electrons. The summed E-state index contributed by atoms with van der Waals surface area (Å²) in [4.78, 5) is 44.9. The van der Waals surface area contributed by atoms with Crippen molar-refractivity contribution in [3.05, 3.63) is 64.7 Å². The lowest BCUT2D eigenvalue weighted by molar-refractivity contribution is -0.137. The molecule has 6 nitrogen and oxygen atoms in total. The number of rotatable bonds is 4. The van der Waals surface area contributed by atoms with E-state index in [9.17, 15) is 14.4 Å². The molecule has 5 rings (SSSR count). The number of nitrogens with zero attached hydrogens (tertiary/aromatic N) is 3. The number of para-hydroxylation sites is 1. The van der Waals surface area contributed by atoms with Crippen molar-refractivity contribution in [1.29, 1.82) is 0 Å². The zero-order valence-electron chi connectivity index (χ0n) is 20.8. The number of carbonyl (C=O) groups is 3. The zero-order valence-corrected chi connectivity index (χ0v) is 20.8. The van der Waals surface area contributed by atoms with Gasteiger partial charge in [-0.3, -0.25) is 19.3 Å². The van der Waals surface area contributed by atoms with Crippen LogP contribution < -0.4 is 4.90 Å². The summed E-state index contributed by atoms with van der Waals surface area (Å²) in [6.45, 7) is 7.75. The minimum Gasteiger partial charge on any atom is -0.368 e. The minimum atomic E-state index is -0.158. The number of hydrogen-bond donors (Lipinski definition) is 0. The summed E-state index contributed by atoms with van der Waals surface area (Å²) < 4.78 is 0. The van der Waals surface area contributed by atoms with Crippen molar-refractivity contribution in [2.75, 3.05) is 37.6 Å². The van der Waals surface area contributed by atoms with E-state index in [2.05, 4.69) is 29.2 Å². The predicted octanol–water partition coefficient (Wildman–Crippen LogP) is 3.98. The normalized spacial score (nSPS) is 22.9. The highest BCUT2D eigenvalue weighted by Gasteiger charge is 2.36. The lowest BCUT2D eigenvalue weighted by Gasteiger charge is -2.39. The Morgan fingerprint density at radius 1 is 0.886 bits per heavy atom. The number of piperazine rings is 1. The number of amides is 3. The first-order valence-electron chi connectivity index (χ1n) is 12.9. The predicted molar refractivity (Wildman–Crippen MR) is 136 cm³/mol. The van der Waals surface area contributed by atoms with E-state index >= 15 is 0 Å².